The van der Waals surface area contributed by atoms with Crippen molar-refractivity contribution in [2.24, 2.45) is 0 Å². The second-order valence-electron chi connectivity index (χ2n) is 8.09. The van der Waals surface area contributed by atoms with E-state index in [2.05, 4.69) is 26.9 Å². The zero-order chi connectivity index (χ0) is 23.4. The topological polar surface area (TPSA) is 70.2 Å². The maximum Gasteiger partial charge on any atom is 0.277 e. The maximum absolute atomic E-state index is 12.9. The predicted molar refractivity (Wildman–Crippen MR) is 129 cm³/mol. The summed E-state index contributed by atoms with van der Waals surface area (Å²) in [5.74, 6) is 1.45. The second-order valence-corrected chi connectivity index (χ2v) is 9.01. The molecule has 7 heteroatoms. The number of ketones is 1. The van der Waals surface area contributed by atoms with Gasteiger partial charge in [0.1, 0.15) is 5.75 Å². The molecule has 0 aliphatic heterocycles. The molecule has 0 spiro atoms. The molecule has 0 fully saturated rings. The molecule has 6 nitrogen and oxygen atoms in total. The van der Waals surface area contributed by atoms with E-state index in [4.69, 9.17) is 9.15 Å². The Kier molecular flexibility index (Phi) is 6.99. The first kappa shape index (κ1) is 22.9. The lowest BCUT2D eigenvalue weighted by Crippen LogP contribution is -2.07. The van der Waals surface area contributed by atoms with E-state index in [-0.39, 0.29) is 18.1 Å². The number of aromatic nitrogens is 3. The van der Waals surface area contributed by atoms with Gasteiger partial charge in [-0.3, -0.25) is 4.79 Å². The van der Waals surface area contributed by atoms with Crippen LogP contribution in [0.1, 0.15) is 44.3 Å². The van der Waals surface area contributed by atoms with E-state index >= 15 is 0 Å². The monoisotopic (exact) mass is 461 g/mol. The number of nitrogens with zero attached hydrogens (tertiary/aromatic N) is 3. The standard InChI is InChI=1S/C26H27N3O3S/c1-17-10-11-18(2)24(12-17)31-15-25-27-28-26(32-25)33-16-23(30)22-13-19(3)29(20(22)4)14-21-8-6-5-7-9-21/h5-13H,14-16H2,1-4H3. The van der Waals surface area contributed by atoms with Crippen LogP contribution in [0, 0.1) is 27.7 Å². The molecule has 0 aliphatic rings. The van der Waals surface area contributed by atoms with Crippen molar-refractivity contribution in [1.82, 2.24) is 14.8 Å². The van der Waals surface area contributed by atoms with E-state index in [1.54, 1.807) is 0 Å². The van der Waals surface area contributed by atoms with Gasteiger partial charge >= 0.3 is 0 Å². The van der Waals surface area contributed by atoms with Gasteiger partial charge in [0.05, 0.1) is 5.75 Å². The smallest absolute Gasteiger partial charge is 0.277 e. The molecule has 33 heavy (non-hydrogen) atoms. The third kappa shape index (κ3) is 5.54. The van der Waals surface area contributed by atoms with E-state index < -0.39 is 0 Å². The first-order valence-corrected chi connectivity index (χ1v) is 11.8. The molecule has 2 aromatic heterocycles. The van der Waals surface area contributed by atoms with Crippen molar-refractivity contribution in [1.29, 1.82) is 0 Å². The minimum absolute atomic E-state index is 0.0406. The zero-order valence-corrected chi connectivity index (χ0v) is 20.1. The Labute approximate surface area is 198 Å². The number of rotatable bonds is 9. The summed E-state index contributed by atoms with van der Waals surface area (Å²) in [4.78, 5) is 12.9. The number of benzene rings is 2. The van der Waals surface area contributed by atoms with Gasteiger partial charge in [0.15, 0.2) is 12.4 Å². The van der Waals surface area contributed by atoms with Crippen molar-refractivity contribution < 1.29 is 13.9 Å². The van der Waals surface area contributed by atoms with Crippen molar-refractivity contribution in [3.63, 3.8) is 0 Å². The molecule has 4 aromatic rings. The van der Waals surface area contributed by atoms with E-state index in [9.17, 15) is 4.79 Å². The largest absolute Gasteiger partial charge is 0.484 e. The molecule has 4 rings (SSSR count). The first-order valence-electron chi connectivity index (χ1n) is 10.8. The van der Waals surface area contributed by atoms with Crippen LogP contribution in [0.4, 0.5) is 0 Å². The van der Waals surface area contributed by atoms with Gasteiger partial charge in [0.2, 0.25) is 0 Å². The molecule has 0 N–H and O–H groups in total. The Morgan fingerprint density at radius 3 is 2.61 bits per heavy atom. The van der Waals surface area contributed by atoms with Gasteiger partial charge in [-0.15, -0.1) is 10.2 Å². The molecule has 0 saturated heterocycles. The van der Waals surface area contributed by atoms with E-state index in [1.807, 2.05) is 70.2 Å². The third-order valence-electron chi connectivity index (χ3n) is 5.53. The number of thioether (sulfide) groups is 1. The van der Waals surface area contributed by atoms with Crippen molar-refractivity contribution >= 4 is 17.5 Å². The van der Waals surface area contributed by atoms with Crippen LogP contribution in [0.2, 0.25) is 0 Å². The highest BCUT2D eigenvalue weighted by Gasteiger charge is 2.18. The van der Waals surface area contributed by atoms with Gasteiger partial charge in [-0.1, -0.05) is 54.2 Å². The predicted octanol–water partition coefficient (Wildman–Crippen LogP) is 5.71. The Morgan fingerprint density at radius 2 is 1.82 bits per heavy atom. The van der Waals surface area contributed by atoms with Gasteiger partial charge in [0, 0.05) is 23.5 Å². The molecule has 0 radical (unpaired) electrons. The Bertz CT molecular complexity index is 1260. The Hall–Kier alpha value is -3.32. The summed E-state index contributed by atoms with van der Waals surface area (Å²) in [6.45, 7) is 8.96. The number of ether oxygens (including phenoxy) is 1. The van der Waals surface area contributed by atoms with Crippen LogP contribution >= 0.6 is 11.8 Å². The van der Waals surface area contributed by atoms with Gasteiger partial charge in [0.25, 0.3) is 11.1 Å². The molecule has 2 aromatic carbocycles. The summed E-state index contributed by atoms with van der Waals surface area (Å²) in [6.07, 6.45) is 0. The van der Waals surface area contributed by atoms with Crippen LogP contribution in [-0.4, -0.2) is 26.3 Å². The van der Waals surface area contributed by atoms with Crippen molar-refractivity contribution in [2.45, 2.75) is 46.1 Å². The normalized spacial score (nSPS) is 11.0. The number of hydrogen-bond donors (Lipinski definition) is 0. The number of Topliss-reactive ketones (excluding diaryl/α,β-unsaturated/α-hetero) is 1. The molecular formula is C26H27N3O3S. The molecule has 0 bridgehead atoms. The highest BCUT2D eigenvalue weighted by molar-refractivity contribution is 7.99. The van der Waals surface area contributed by atoms with Gasteiger partial charge in [-0.2, -0.15) is 0 Å². The summed E-state index contributed by atoms with van der Waals surface area (Å²) >= 11 is 1.24. The third-order valence-corrected chi connectivity index (χ3v) is 6.35. The number of carbonyl (C=O) groups excluding carboxylic acids is 1. The summed E-state index contributed by atoms with van der Waals surface area (Å²) in [6, 6.07) is 18.2. The van der Waals surface area contributed by atoms with Crippen LogP contribution in [0.15, 0.2) is 64.2 Å². The average Bonchev–Trinajstić information content (AvgIpc) is 3.38. The fourth-order valence-corrected chi connectivity index (χ4v) is 4.32. The highest BCUT2D eigenvalue weighted by atomic mass is 32.2. The molecule has 0 amide bonds. The molecule has 0 saturated carbocycles. The lowest BCUT2D eigenvalue weighted by molar-refractivity contribution is 0.102. The van der Waals surface area contributed by atoms with Crippen LogP contribution in [-0.2, 0) is 13.2 Å². The highest BCUT2D eigenvalue weighted by Crippen LogP contribution is 2.24. The van der Waals surface area contributed by atoms with Crippen molar-refractivity contribution in [2.75, 3.05) is 5.75 Å². The number of hydrogen-bond acceptors (Lipinski definition) is 6. The SMILES string of the molecule is Cc1ccc(C)c(OCc2nnc(SCC(=O)c3cc(C)n(Cc4ccccc4)c3C)o2)c1. The maximum atomic E-state index is 12.9. The summed E-state index contributed by atoms with van der Waals surface area (Å²) in [7, 11) is 0. The molecule has 0 aliphatic carbocycles. The van der Waals surface area contributed by atoms with Gasteiger partial charge in [-0.05, 0) is 56.5 Å². The molecule has 170 valence electrons. The van der Waals surface area contributed by atoms with E-state index in [0.29, 0.717) is 11.1 Å². The summed E-state index contributed by atoms with van der Waals surface area (Å²) in [5.41, 5.74) is 6.13. The summed E-state index contributed by atoms with van der Waals surface area (Å²) < 4.78 is 13.6. The van der Waals surface area contributed by atoms with Gasteiger partial charge in [-0.25, -0.2) is 0 Å². The number of carbonyl (C=O) groups is 1. The number of aryl methyl sites for hydroxylation is 3. The molecule has 0 atom stereocenters. The quantitative estimate of drug-likeness (QED) is 0.235. The van der Waals surface area contributed by atoms with E-state index in [0.717, 1.165) is 40.4 Å². The van der Waals surface area contributed by atoms with Crippen molar-refractivity contribution in [3.05, 3.63) is 94.1 Å². The fraction of sp³-hybridized carbons (Fsp3) is 0.269. The van der Waals surface area contributed by atoms with Crippen LogP contribution < -0.4 is 4.74 Å². The molecular weight excluding hydrogens is 434 g/mol. The van der Waals surface area contributed by atoms with Crippen molar-refractivity contribution in [3.8, 4) is 5.75 Å². The lowest BCUT2D eigenvalue weighted by atomic mass is 10.1. The first-order chi connectivity index (χ1) is 15.9. The minimum atomic E-state index is 0.0406. The molecule has 0 unspecified atom stereocenters. The summed E-state index contributed by atoms with van der Waals surface area (Å²) in [5, 5.41) is 8.44. The minimum Gasteiger partial charge on any atom is -0.484 e. The fourth-order valence-electron chi connectivity index (χ4n) is 3.65. The second kappa shape index (κ2) is 10.1. The zero-order valence-electron chi connectivity index (χ0n) is 19.3. The average molecular weight is 462 g/mol. The Morgan fingerprint density at radius 1 is 1.03 bits per heavy atom. The molecule has 2 heterocycles. The lowest BCUT2D eigenvalue weighted by Gasteiger charge is -2.09. The Balaban J connectivity index is 1.35. The van der Waals surface area contributed by atoms with Crippen LogP contribution in [0.5, 0.6) is 5.75 Å². The van der Waals surface area contributed by atoms with Gasteiger partial charge < -0.3 is 13.7 Å². The van der Waals surface area contributed by atoms with E-state index in [1.165, 1.54) is 17.3 Å². The van der Waals surface area contributed by atoms with Crippen LogP contribution in [0.3, 0.4) is 0 Å². The van der Waals surface area contributed by atoms with Crippen LogP contribution in [0.25, 0.3) is 0 Å².